The fourth-order valence-electron chi connectivity index (χ4n) is 2.62. The molecule has 0 saturated carbocycles. The van der Waals surface area contributed by atoms with Crippen LogP contribution in [0.4, 0.5) is 0 Å². The molecular weight excluding hydrogens is 441 g/mol. The summed E-state index contributed by atoms with van der Waals surface area (Å²) in [7, 11) is 5.15. The summed E-state index contributed by atoms with van der Waals surface area (Å²) in [6.07, 6.45) is 0. The van der Waals surface area contributed by atoms with Crippen LogP contribution in [0.3, 0.4) is 0 Å². The van der Waals surface area contributed by atoms with Crippen LogP contribution in [0.25, 0.3) is 0 Å². The maximum Gasteiger partial charge on any atom is 0.191 e. The lowest BCUT2D eigenvalue weighted by molar-refractivity contribution is 0.406. The van der Waals surface area contributed by atoms with Gasteiger partial charge in [-0.2, -0.15) is 0 Å². The number of hydrogen-bond acceptors (Lipinski definition) is 3. The molecule has 0 aromatic heterocycles. The Morgan fingerprint density at radius 2 is 1.81 bits per heavy atom. The molecule has 0 amide bonds. The molecule has 6 heteroatoms. The van der Waals surface area contributed by atoms with E-state index in [-0.39, 0.29) is 24.0 Å². The monoisotopic (exact) mass is 469 g/mol. The first-order valence-corrected chi connectivity index (χ1v) is 8.38. The minimum Gasteiger partial charge on any atom is -0.497 e. The second kappa shape index (κ2) is 11.6. The smallest absolute Gasteiger partial charge is 0.191 e. The Morgan fingerprint density at radius 3 is 2.50 bits per heavy atom. The highest BCUT2D eigenvalue weighted by Gasteiger charge is 2.11. The first kappa shape index (κ1) is 22.1. The van der Waals surface area contributed by atoms with E-state index < -0.39 is 0 Å². The SMILES string of the molecule is CN=C(NCc1cccc(OC)c1)NCC(C)c1ccccc1OC.I. The van der Waals surface area contributed by atoms with Gasteiger partial charge in [0.15, 0.2) is 5.96 Å². The number of ether oxygens (including phenoxy) is 2. The zero-order valence-corrected chi connectivity index (χ0v) is 18.1. The molecule has 5 nitrogen and oxygen atoms in total. The van der Waals surface area contributed by atoms with Gasteiger partial charge in [0.05, 0.1) is 14.2 Å². The van der Waals surface area contributed by atoms with Gasteiger partial charge in [-0.05, 0) is 29.3 Å². The van der Waals surface area contributed by atoms with Gasteiger partial charge in [-0.1, -0.05) is 37.3 Å². The van der Waals surface area contributed by atoms with Crippen LogP contribution in [-0.2, 0) is 6.54 Å². The van der Waals surface area contributed by atoms with E-state index in [0.29, 0.717) is 12.5 Å². The number of methoxy groups -OCH3 is 2. The lowest BCUT2D eigenvalue weighted by Crippen LogP contribution is -2.38. The third-order valence-corrected chi connectivity index (χ3v) is 4.06. The molecule has 0 bridgehead atoms. The van der Waals surface area contributed by atoms with Gasteiger partial charge in [0.2, 0.25) is 0 Å². The van der Waals surface area contributed by atoms with Gasteiger partial charge in [-0.25, -0.2) is 0 Å². The highest BCUT2D eigenvalue weighted by Crippen LogP contribution is 2.25. The molecule has 0 fully saturated rings. The van der Waals surface area contributed by atoms with Crippen molar-refractivity contribution in [2.24, 2.45) is 4.99 Å². The number of nitrogens with zero attached hydrogens (tertiary/aromatic N) is 1. The predicted octanol–water partition coefficient (Wildman–Crippen LogP) is 3.79. The molecule has 0 heterocycles. The van der Waals surface area contributed by atoms with Gasteiger partial charge in [0.25, 0.3) is 0 Å². The summed E-state index contributed by atoms with van der Waals surface area (Å²) in [4.78, 5) is 4.29. The van der Waals surface area contributed by atoms with Gasteiger partial charge in [-0.3, -0.25) is 4.99 Å². The number of rotatable bonds is 7. The van der Waals surface area contributed by atoms with Crippen LogP contribution in [-0.4, -0.2) is 33.8 Å². The van der Waals surface area contributed by atoms with Crippen molar-refractivity contribution < 1.29 is 9.47 Å². The normalized spacial score (nSPS) is 11.9. The van der Waals surface area contributed by atoms with Crippen molar-refractivity contribution in [1.29, 1.82) is 0 Å². The van der Waals surface area contributed by atoms with E-state index in [1.54, 1.807) is 21.3 Å². The summed E-state index contributed by atoms with van der Waals surface area (Å²) in [5.41, 5.74) is 2.32. The zero-order chi connectivity index (χ0) is 18.1. The second-order valence-electron chi connectivity index (χ2n) is 5.80. The largest absolute Gasteiger partial charge is 0.497 e. The highest BCUT2D eigenvalue weighted by molar-refractivity contribution is 14.0. The first-order chi connectivity index (χ1) is 12.2. The van der Waals surface area contributed by atoms with Crippen molar-refractivity contribution in [3.05, 3.63) is 59.7 Å². The van der Waals surface area contributed by atoms with Crippen LogP contribution in [0.5, 0.6) is 11.5 Å². The van der Waals surface area contributed by atoms with E-state index >= 15 is 0 Å². The average molecular weight is 469 g/mol. The minimum absolute atomic E-state index is 0. The number of halogens is 1. The van der Waals surface area contributed by atoms with Crippen LogP contribution in [0.1, 0.15) is 24.0 Å². The highest BCUT2D eigenvalue weighted by atomic mass is 127. The summed E-state index contributed by atoms with van der Waals surface area (Å²) in [5.74, 6) is 2.83. The first-order valence-electron chi connectivity index (χ1n) is 8.38. The average Bonchev–Trinajstić information content (AvgIpc) is 2.68. The second-order valence-corrected chi connectivity index (χ2v) is 5.80. The Hall–Kier alpha value is -1.96. The summed E-state index contributed by atoms with van der Waals surface area (Å²) in [5, 5.41) is 6.69. The maximum atomic E-state index is 5.44. The van der Waals surface area contributed by atoms with E-state index in [4.69, 9.17) is 9.47 Å². The van der Waals surface area contributed by atoms with Crippen molar-refractivity contribution in [3.8, 4) is 11.5 Å². The number of nitrogens with one attached hydrogen (secondary N) is 2. The van der Waals surface area contributed by atoms with Crippen molar-refractivity contribution in [3.63, 3.8) is 0 Å². The summed E-state index contributed by atoms with van der Waals surface area (Å²) >= 11 is 0. The molecule has 1 atom stereocenters. The number of benzene rings is 2. The molecule has 1 unspecified atom stereocenters. The van der Waals surface area contributed by atoms with Crippen molar-refractivity contribution in [1.82, 2.24) is 10.6 Å². The summed E-state index contributed by atoms with van der Waals surface area (Å²) in [6, 6.07) is 16.1. The fourth-order valence-corrected chi connectivity index (χ4v) is 2.62. The fraction of sp³-hybridized carbons (Fsp3) is 0.350. The Balaban J connectivity index is 0.00000338. The molecule has 0 aliphatic rings. The minimum atomic E-state index is 0. The lowest BCUT2D eigenvalue weighted by atomic mass is 10.0. The third kappa shape index (κ3) is 6.40. The van der Waals surface area contributed by atoms with Crippen LogP contribution in [0, 0.1) is 0 Å². The topological polar surface area (TPSA) is 54.9 Å². The number of guanidine groups is 1. The quantitative estimate of drug-likeness (QED) is 0.368. The molecule has 2 aromatic carbocycles. The van der Waals surface area contributed by atoms with Gasteiger partial charge >= 0.3 is 0 Å². The molecule has 0 aliphatic carbocycles. The number of aliphatic imine (C=N–C) groups is 1. The van der Waals surface area contributed by atoms with Gasteiger partial charge in [-0.15, -0.1) is 24.0 Å². The number of para-hydroxylation sites is 1. The zero-order valence-electron chi connectivity index (χ0n) is 15.8. The molecule has 142 valence electrons. The molecule has 0 radical (unpaired) electrons. The van der Waals surface area contributed by atoms with Crippen LogP contribution >= 0.6 is 24.0 Å². The molecule has 0 aliphatic heterocycles. The van der Waals surface area contributed by atoms with Crippen molar-refractivity contribution in [2.45, 2.75) is 19.4 Å². The van der Waals surface area contributed by atoms with E-state index in [1.165, 1.54) is 5.56 Å². The number of hydrogen-bond donors (Lipinski definition) is 2. The Kier molecular flexibility index (Phi) is 9.87. The van der Waals surface area contributed by atoms with Gasteiger partial charge in [0.1, 0.15) is 11.5 Å². The van der Waals surface area contributed by atoms with Crippen LogP contribution in [0.2, 0.25) is 0 Å². The van der Waals surface area contributed by atoms with E-state index in [1.807, 2.05) is 36.4 Å². The van der Waals surface area contributed by atoms with Crippen LogP contribution in [0.15, 0.2) is 53.5 Å². The summed E-state index contributed by atoms with van der Waals surface area (Å²) < 4.78 is 10.7. The molecule has 2 aromatic rings. The Labute approximate surface area is 173 Å². The van der Waals surface area contributed by atoms with Gasteiger partial charge < -0.3 is 20.1 Å². The van der Waals surface area contributed by atoms with E-state index in [0.717, 1.165) is 29.6 Å². The summed E-state index contributed by atoms with van der Waals surface area (Å²) in [6.45, 7) is 3.61. The maximum absolute atomic E-state index is 5.44. The molecule has 26 heavy (non-hydrogen) atoms. The molecular formula is C20H28IN3O2. The molecule has 0 spiro atoms. The Morgan fingerprint density at radius 1 is 1.04 bits per heavy atom. The van der Waals surface area contributed by atoms with E-state index in [9.17, 15) is 0 Å². The molecule has 0 saturated heterocycles. The standard InChI is InChI=1S/C20H27N3O2.HI/c1-15(18-10-5-6-11-19(18)25-4)13-22-20(21-2)23-14-16-8-7-9-17(12-16)24-3;/h5-12,15H,13-14H2,1-4H3,(H2,21,22,23);1H. The lowest BCUT2D eigenvalue weighted by Gasteiger charge is -2.18. The molecule has 2 N–H and O–H groups in total. The Bertz CT molecular complexity index is 707. The van der Waals surface area contributed by atoms with Crippen molar-refractivity contribution >= 4 is 29.9 Å². The van der Waals surface area contributed by atoms with Gasteiger partial charge in [0, 0.05) is 26.1 Å². The van der Waals surface area contributed by atoms with Crippen molar-refractivity contribution in [2.75, 3.05) is 27.8 Å². The van der Waals surface area contributed by atoms with Crippen LogP contribution < -0.4 is 20.1 Å². The van der Waals surface area contributed by atoms with E-state index in [2.05, 4.69) is 34.7 Å². The third-order valence-electron chi connectivity index (χ3n) is 4.06. The molecule has 2 rings (SSSR count). The predicted molar refractivity (Wildman–Crippen MR) is 118 cm³/mol.